The van der Waals surface area contributed by atoms with E-state index >= 15 is 0 Å². The van der Waals surface area contributed by atoms with Gasteiger partial charge in [-0.2, -0.15) is 0 Å². The first-order valence-corrected chi connectivity index (χ1v) is 10.5. The summed E-state index contributed by atoms with van der Waals surface area (Å²) in [7, 11) is 0. The molecule has 0 N–H and O–H groups in total. The van der Waals surface area contributed by atoms with Gasteiger partial charge >= 0.3 is 5.97 Å². The minimum atomic E-state index is -0.511. The van der Waals surface area contributed by atoms with E-state index in [2.05, 4.69) is 15.0 Å². The number of cyclic esters (lactones) is 1. The Kier molecular flexibility index (Phi) is 5.16. The molecule has 31 heavy (non-hydrogen) atoms. The maximum Gasteiger partial charge on any atom is 0.339 e. The van der Waals surface area contributed by atoms with Crippen LogP contribution in [-0.4, -0.2) is 44.8 Å². The summed E-state index contributed by atoms with van der Waals surface area (Å²) < 4.78 is 5.47. The standard InChI is InChI=1S/C24H22N4O3/c29-22(12-21-18-5-1-2-6-19(18)24(30)31-21)28-11-3-4-17(14-28)23-20(13-26-15-27-23)16-7-9-25-10-8-16/h1-2,5-10,13,15,17,21H,3-4,11-12,14H2/t17-,21-/m1/s1. The summed E-state index contributed by atoms with van der Waals surface area (Å²) >= 11 is 0. The average molecular weight is 414 g/mol. The summed E-state index contributed by atoms with van der Waals surface area (Å²) in [5, 5.41) is 0. The monoisotopic (exact) mass is 414 g/mol. The van der Waals surface area contributed by atoms with Crippen molar-refractivity contribution >= 4 is 11.9 Å². The van der Waals surface area contributed by atoms with Gasteiger partial charge in [0.05, 0.1) is 17.7 Å². The Labute approximate surface area is 180 Å². The molecule has 0 saturated carbocycles. The molecule has 0 aliphatic carbocycles. The number of hydrogen-bond donors (Lipinski definition) is 0. The lowest BCUT2D eigenvalue weighted by Gasteiger charge is -2.33. The maximum atomic E-state index is 13.1. The van der Waals surface area contributed by atoms with Gasteiger partial charge in [-0.05, 0) is 36.6 Å². The van der Waals surface area contributed by atoms with Crippen LogP contribution in [0.4, 0.5) is 0 Å². The first-order chi connectivity index (χ1) is 15.2. The molecule has 1 fully saturated rings. The molecule has 4 heterocycles. The van der Waals surface area contributed by atoms with Crippen LogP contribution in [0, 0.1) is 0 Å². The number of aromatic nitrogens is 3. The molecule has 2 aliphatic heterocycles. The Bertz CT molecular complexity index is 1120. The minimum Gasteiger partial charge on any atom is -0.453 e. The predicted octanol–water partition coefficient (Wildman–Crippen LogP) is 3.55. The van der Waals surface area contributed by atoms with Crippen LogP contribution in [0.1, 0.15) is 52.9 Å². The summed E-state index contributed by atoms with van der Waals surface area (Å²) in [4.78, 5) is 39.9. The van der Waals surface area contributed by atoms with E-state index in [0.29, 0.717) is 18.7 Å². The van der Waals surface area contributed by atoms with Gasteiger partial charge in [-0.15, -0.1) is 0 Å². The largest absolute Gasteiger partial charge is 0.453 e. The first kappa shape index (κ1) is 19.4. The van der Waals surface area contributed by atoms with Crippen molar-refractivity contribution in [1.82, 2.24) is 19.9 Å². The van der Waals surface area contributed by atoms with Gasteiger partial charge in [0.1, 0.15) is 12.4 Å². The van der Waals surface area contributed by atoms with Gasteiger partial charge in [-0.25, -0.2) is 14.8 Å². The van der Waals surface area contributed by atoms with Gasteiger partial charge in [0, 0.05) is 48.7 Å². The molecule has 5 rings (SSSR count). The van der Waals surface area contributed by atoms with Crippen LogP contribution < -0.4 is 0 Å². The second-order valence-corrected chi connectivity index (χ2v) is 7.92. The van der Waals surface area contributed by atoms with Crippen LogP contribution in [-0.2, 0) is 9.53 Å². The molecule has 0 spiro atoms. The second-order valence-electron chi connectivity index (χ2n) is 7.92. The number of nitrogens with zero attached hydrogens (tertiary/aromatic N) is 4. The molecule has 1 aromatic carbocycles. The van der Waals surface area contributed by atoms with E-state index in [9.17, 15) is 9.59 Å². The third-order valence-electron chi connectivity index (χ3n) is 6.03. The molecule has 0 unspecified atom stereocenters. The van der Waals surface area contributed by atoms with Crippen molar-refractivity contribution in [3.63, 3.8) is 0 Å². The number of amides is 1. The summed E-state index contributed by atoms with van der Waals surface area (Å²) in [5.41, 5.74) is 4.30. The quantitative estimate of drug-likeness (QED) is 0.607. The zero-order chi connectivity index (χ0) is 21.2. The van der Waals surface area contributed by atoms with Gasteiger partial charge in [-0.1, -0.05) is 18.2 Å². The number of likely N-dealkylation sites (tertiary alicyclic amines) is 1. The average Bonchev–Trinajstić information content (AvgIpc) is 3.15. The number of ether oxygens (including phenoxy) is 1. The molecule has 2 aromatic heterocycles. The maximum absolute atomic E-state index is 13.1. The lowest BCUT2D eigenvalue weighted by atomic mass is 9.90. The molecule has 1 saturated heterocycles. The summed E-state index contributed by atoms with van der Waals surface area (Å²) in [6, 6.07) is 11.2. The number of esters is 1. The molecule has 7 heteroatoms. The van der Waals surface area contributed by atoms with Gasteiger partial charge in [-0.3, -0.25) is 9.78 Å². The number of hydrogen-bond acceptors (Lipinski definition) is 6. The smallest absolute Gasteiger partial charge is 0.339 e. The van der Waals surface area contributed by atoms with Crippen molar-refractivity contribution in [2.45, 2.75) is 31.3 Å². The number of carbonyl (C=O) groups excluding carboxylic acids is 2. The Morgan fingerprint density at radius 3 is 2.81 bits per heavy atom. The molecular weight excluding hydrogens is 392 g/mol. The lowest BCUT2D eigenvalue weighted by molar-refractivity contribution is -0.134. The van der Waals surface area contributed by atoms with Crippen LogP contribution in [0.3, 0.4) is 0 Å². The second kappa shape index (κ2) is 8.26. The van der Waals surface area contributed by atoms with E-state index < -0.39 is 6.10 Å². The fraction of sp³-hybridized carbons (Fsp3) is 0.292. The highest BCUT2D eigenvalue weighted by Gasteiger charge is 2.35. The molecular formula is C24H22N4O3. The molecule has 0 bridgehead atoms. The summed E-state index contributed by atoms with van der Waals surface area (Å²) in [6.45, 7) is 1.30. The Hall–Kier alpha value is -3.61. The lowest BCUT2D eigenvalue weighted by Crippen LogP contribution is -2.40. The van der Waals surface area contributed by atoms with Gasteiger partial charge < -0.3 is 9.64 Å². The highest BCUT2D eigenvalue weighted by molar-refractivity contribution is 5.94. The van der Waals surface area contributed by atoms with E-state index in [1.165, 1.54) is 0 Å². The summed E-state index contributed by atoms with van der Waals surface area (Å²) in [6.07, 6.45) is 8.41. The Balaban J connectivity index is 1.33. The number of rotatable bonds is 4. The number of benzene rings is 1. The van der Waals surface area contributed by atoms with Crippen LogP contribution >= 0.6 is 0 Å². The molecule has 7 nitrogen and oxygen atoms in total. The summed E-state index contributed by atoms with van der Waals surface area (Å²) in [5.74, 6) is -0.228. The number of piperidine rings is 1. The van der Waals surface area contributed by atoms with Crippen LogP contribution in [0.15, 0.2) is 61.3 Å². The fourth-order valence-corrected chi connectivity index (χ4v) is 4.50. The number of pyridine rings is 1. The molecule has 0 radical (unpaired) electrons. The zero-order valence-electron chi connectivity index (χ0n) is 17.0. The van der Waals surface area contributed by atoms with Crippen molar-refractivity contribution in [2.75, 3.05) is 13.1 Å². The molecule has 1 amide bonds. The van der Waals surface area contributed by atoms with E-state index in [-0.39, 0.29) is 24.2 Å². The molecule has 156 valence electrons. The van der Waals surface area contributed by atoms with Crippen molar-refractivity contribution in [2.24, 2.45) is 0 Å². The third-order valence-corrected chi connectivity index (χ3v) is 6.03. The topological polar surface area (TPSA) is 85.3 Å². The van der Waals surface area contributed by atoms with Crippen molar-refractivity contribution in [3.05, 3.63) is 78.1 Å². The SMILES string of the molecule is O=C1O[C@H](CC(=O)N2CCC[C@@H](c3ncncc3-c3ccncc3)C2)c2ccccc21. The van der Waals surface area contributed by atoms with Gasteiger partial charge in [0.25, 0.3) is 0 Å². The van der Waals surface area contributed by atoms with Gasteiger partial charge in [0.2, 0.25) is 5.91 Å². The van der Waals surface area contributed by atoms with Gasteiger partial charge in [0.15, 0.2) is 0 Å². The molecule has 2 aliphatic rings. The van der Waals surface area contributed by atoms with Crippen molar-refractivity contribution < 1.29 is 14.3 Å². The number of carbonyl (C=O) groups is 2. The van der Waals surface area contributed by atoms with Crippen molar-refractivity contribution in [1.29, 1.82) is 0 Å². The molecule has 2 atom stereocenters. The highest BCUT2D eigenvalue weighted by atomic mass is 16.5. The van der Waals surface area contributed by atoms with Crippen molar-refractivity contribution in [3.8, 4) is 11.1 Å². The Morgan fingerprint density at radius 2 is 1.94 bits per heavy atom. The van der Waals surface area contributed by atoms with E-state index in [4.69, 9.17) is 4.74 Å². The zero-order valence-corrected chi connectivity index (χ0v) is 17.0. The highest BCUT2D eigenvalue weighted by Crippen LogP contribution is 2.35. The Morgan fingerprint density at radius 1 is 1.10 bits per heavy atom. The normalized spacial score (nSPS) is 20.3. The van der Waals surface area contributed by atoms with Crippen LogP contribution in [0.2, 0.25) is 0 Å². The predicted molar refractivity (Wildman–Crippen MR) is 113 cm³/mol. The van der Waals surface area contributed by atoms with E-state index in [1.54, 1.807) is 24.8 Å². The minimum absolute atomic E-state index is 0.00118. The fourth-order valence-electron chi connectivity index (χ4n) is 4.50. The van der Waals surface area contributed by atoms with Crippen LogP contribution in [0.25, 0.3) is 11.1 Å². The first-order valence-electron chi connectivity index (χ1n) is 10.5. The third kappa shape index (κ3) is 3.79. The van der Waals surface area contributed by atoms with Crippen LogP contribution in [0.5, 0.6) is 0 Å². The van der Waals surface area contributed by atoms with E-state index in [0.717, 1.165) is 35.2 Å². The molecule has 3 aromatic rings. The number of fused-ring (bicyclic) bond motifs is 1. The van der Waals surface area contributed by atoms with E-state index in [1.807, 2.05) is 41.4 Å².